The van der Waals surface area contributed by atoms with Gasteiger partial charge >= 0.3 is 5.97 Å². The Morgan fingerprint density at radius 1 is 1.19 bits per heavy atom. The molecular weight excluding hydrogens is 351 g/mol. The third-order valence-corrected chi connectivity index (χ3v) is 3.84. The van der Waals surface area contributed by atoms with Crippen molar-refractivity contribution in [2.75, 3.05) is 11.9 Å². The molecule has 3 rings (SSSR count). The second kappa shape index (κ2) is 7.82. The van der Waals surface area contributed by atoms with E-state index in [1.54, 1.807) is 32.0 Å². The van der Waals surface area contributed by atoms with Gasteiger partial charge in [0.15, 0.2) is 0 Å². The van der Waals surface area contributed by atoms with Crippen molar-refractivity contribution in [1.82, 2.24) is 5.16 Å². The Morgan fingerprint density at radius 3 is 2.63 bits per heavy atom. The molecule has 2 aromatic carbocycles. The molecule has 1 N–H and O–H groups in total. The third kappa shape index (κ3) is 4.03. The lowest BCUT2D eigenvalue weighted by Gasteiger charge is -2.08. The van der Waals surface area contributed by atoms with E-state index in [1.807, 2.05) is 0 Å². The molecule has 0 aliphatic rings. The molecule has 0 atom stereocenters. The first-order chi connectivity index (χ1) is 13.0. The number of anilines is 1. The summed E-state index contributed by atoms with van der Waals surface area (Å²) in [6, 6.07) is 12.0. The van der Waals surface area contributed by atoms with Gasteiger partial charge in [0, 0.05) is 11.3 Å². The van der Waals surface area contributed by atoms with Crippen molar-refractivity contribution in [3.63, 3.8) is 0 Å². The summed E-state index contributed by atoms with van der Waals surface area (Å²) in [7, 11) is 0. The van der Waals surface area contributed by atoms with E-state index in [-0.39, 0.29) is 18.0 Å². The molecule has 0 aliphatic carbocycles. The van der Waals surface area contributed by atoms with E-state index in [2.05, 4.69) is 10.5 Å². The van der Waals surface area contributed by atoms with E-state index in [1.165, 1.54) is 30.3 Å². The highest BCUT2D eigenvalue weighted by Gasteiger charge is 2.22. The first-order valence-corrected chi connectivity index (χ1v) is 8.30. The van der Waals surface area contributed by atoms with Crippen molar-refractivity contribution < 1.29 is 23.2 Å². The summed E-state index contributed by atoms with van der Waals surface area (Å²) in [5.74, 6) is -0.982. The number of ether oxygens (including phenoxy) is 1. The maximum absolute atomic E-state index is 13.2. The second-order valence-electron chi connectivity index (χ2n) is 5.72. The number of carbonyl (C=O) groups is 2. The Bertz CT molecular complexity index is 980. The normalized spacial score (nSPS) is 10.5. The standard InChI is InChI=1S/C20H17FN2O4/c1-3-26-20(25)14-5-4-6-16(11-14)22-19(24)17-12(2)27-23-18(17)13-7-9-15(21)10-8-13/h4-11H,3H2,1-2H3,(H,22,24). The highest BCUT2D eigenvalue weighted by molar-refractivity contribution is 6.09. The molecule has 1 amide bonds. The van der Waals surface area contributed by atoms with E-state index < -0.39 is 11.9 Å². The number of benzene rings is 2. The Labute approximate surface area is 154 Å². The largest absolute Gasteiger partial charge is 0.462 e. The average molecular weight is 368 g/mol. The number of rotatable bonds is 5. The number of aromatic nitrogens is 1. The molecule has 0 saturated carbocycles. The van der Waals surface area contributed by atoms with Gasteiger partial charge in [-0.1, -0.05) is 11.2 Å². The van der Waals surface area contributed by atoms with Crippen LogP contribution in [0.1, 0.15) is 33.4 Å². The van der Waals surface area contributed by atoms with E-state index in [0.717, 1.165) is 0 Å². The molecule has 27 heavy (non-hydrogen) atoms. The zero-order valence-corrected chi connectivity index (χ0v) is 14.8. The van der Waals surface area contributed by atoms with E-state index in [0.29, 0.717) is 28.3 Å². The molecule has 0 fully saturated rings. The summed E-state index contributed by atoms with van der Waals surface area (Å²) in [5, 5.41) is 6.64. The molecule has 0 radical (unpaired) electrons. The average Bonchev–Trinajstić information content (AvgIpc) is 3.04. The van der Waals surface area contributed by atoms with Crippen molar-refractivity contribution in [3.05, 3.63) is 71.2 Å². The van der Waals surface area contributed by atoms with Gasteiger partial charge in [0.1, 0.15) is 22.8 Å². The van der Waals surface area contributed by atoms with Crippen LogP contribution in [0.5, 0.6) is 0 Å². The lowest BCUT2D eigenvalue weighted by Crippen LogP contribution is -2.14. The van der Waals surface area contributed by atoms with Crippen LogP contribution in [0.25, 0.3) is 11.3 Å². The molecular formula is C20H17FN2O4. The summed E-state index contributed by atoms with van der Waals surface area (Å²) >= 11 is 0. The molecule has 0 bridgehead atoms. The lowest BCUT2D eigenvalue weighted by molar-refractivity contribution is 0.0526. The predicted molar refractivity (Wildman–Crippen MR) is 97.0 cm³/mol. The van der Waals surface area contributed by atoms with Crippen LogP contribution < -0.4 is 5.32 Å². The zero-order valence-electron chi connectivity index (χ0n) is 14.8. The number of nitrogens with one attached hydrogen (secondary N) is 1. The number of carbonyl (C=O) groups excluding carboxylic acids is 2. The van der Waals surface area contributed by atoms with Crippen LogP contribution in [0.3, 0.4) is 0 Å². The fraction of sp³-hybridized carbons (Fsp3) is 0.150. The fourth-order valence-electron chi connectivity index (χ4n) is 2.58. The van der Waals surface area contributed by atoms with Crippen molar-refractivity contribution in [1.29, 1.82) is 0 Å². The number of hydrogen-bond donors (Lipinski definition) is 1. The smallest absolute Gasteiger partial charge is 0.338 e. The van der Waals surface area contributed by atoms with Crippen molar-refractivity contribution in [3.8, 4) is 11.3 Å². The van der Waals surface area contributed by atoms with Crippen molar-refractivity contribution in [2.24, 2.45) is 0 Å². The summed E-state index contributed by atoms with van der Waals surface area (Å²) in [6.07, 6.45) is 0. The quantitative estimate of drug-likeness (QED) is 0.682. The van der Waals surface area contributed by atoms with Crippen molar-refractivity contribution in [2.45, 2.75) is 13.8 Å². The van der Waals surface area contributed by atoms with Crippen molar-refractivity contribution >= 4 is 17.6 Å². The van der Waals surface area contributed by atoms with Crippen LogP contribution in [0, 0.1) is 12.7 Å². The summed E-state index contributed by atoms with van der Waals surface area (Å²) in [5.41, 5.74) is 1.86. The minimum absolute atomic E-state index is 0.239. The molecule has 0 unspecified atom stereocenters. The highest BCUT2D eigenvalue weighted by Crippen LogP contribution is 2.26. The topological polar surface area (TPSA) is 81.4 Å². The van der Waals surface area contributed by atoms with E-state index >= 15 is 0 Å². The Morgan fingerprint density at radius 2 is 1.93 bits per heavy atom. The maximum atomic E-state index is 13.2. The molecule has 0 saturated heterocycles. The third-order valence-electron chi connectivity index (χ3n) is 3.84. The Balaban J connectivity index is 1.87. The monoisotopic (exact) mass is 368 g/mol. The van der Waals surface area contributed by atoms with Crippen LogP contribution in [-0.2, 0) is 4.74 Å². The van der Waals surface area contributed by atoms with Gasteiger partial charge in [-0.2, -0.15) is 0 Å². The molecule has 138 valence electrons. The summed E-state index contributed by atoms with van der Waals surface area (Å²) in [6.45, 7) is 3.59. The number of nitrogens with zero attached hydrogens (tertiary/aromatic N) is 1. The Hall–Kier alpha value is -3.48. The molecule has 7 heteroatoms. The van der Waals surface area contributed by atoms with E-state index in [9.17, 15) is 14.0 Å². The predicted octanol–water partition coefficient (Wildman–Crippen LogP) is 4.22. The van der Waals surface area contributed by atoms with E-state index in [4.69, 9.17) is 9.26 Å². The van der Waals surface area contributed by atoms with Gasteiger partial charge in [0.25, 0.3) is 5.91 Å². The zero-order chi connectivity index (χ0) is 19.4. The van der Waals surface area contributed by atoms with Crippen LogP contribution in [-0.4, -0.2) is 23.6 Å². The number of amides is 1. The minimum Gasteiger partial charge on any atom is -0.462 e. The first kappa shape index (κ1) is 18.3. The SMILES string of the molecule is CCOC(=O)c1cccc(NC(=O)c2c(-c3ccc(F)cc3)noc2C)c1. The molecule has 1 aromatic heterocycles. The highest BCUT2D eigenvalue weighted by atomic mass is 19.1. The lowest BCUT2D eigenvalue weighted by atomic mass is 10.1. The first-order valence-electron chi connectivity index (χ1n) is 8.30. The van der Waals surface area contributed by atoms with Gasteiger partial charge in [-0.15, -0.1) is 0 Å². The number of halogens is 1. The van der Waals surface area contributed by atoms with Crippen LogP contribution >= 0.6 is 0 Å². The maximum Gasteiger partial charge on any atom is 0.338 e. The number of hydrogen-bond acceptors (Lipinski definition) is 5. The number of aryl methyl sites for hydroxylation is 1. The van der Waals surface area contributed by atoms with Gasteiger partial charge in [-0.05, 0) is 56.3 Å². The van der Waals surface area contributed by atoms with Gasteiger partial charge in [0.2, 0.25) is 0 Å². The minimum atomic E-state index is -0.471. The van der Waals surface area contributed by atoms with Gasteiger partial charge in [0.05, 0.1) is 12.2 Å². The van der Waals surface area contributed by atoms with Crippen LogP contribution in [0.4, 0.5) is 10.1 Å². The Kier molecular flexibility index (Phi) is 5.30. The molecule has 3 aromatic rings. The van der Waals surface area contributed by atoms with Crippen LogP contribution in [0.15, 0.2) is 53.1 Å². The molecule has 1 heterocycles. The molecule has 6 nitrogen and oxygen atoms in total. The van der Waals surface area contributed by atoms with Gasteiger partial charge < -0.3 is 14.6 Å². The second-order valence-corrected chi connectivity index (χ2v) is 5.72. The van der Waals surface area contributed by atoms with Crippen LogP contribution in [0.2, 0.25) is 0 Å². The van der Waals surface area contributed by atoms with Gasteiger partial charge in [-0.3, -0.25) is 4.79 Å². The fourth-order valence-corrected chi connectivity index (χ4v) is 2.58. The van der Waals surface area contributed by atoms with Gasteiger partial charge in [-0.25, -0.2) is 9.18 Å². The molecule has 0 spiro atoms. The summed E-state index contributed by atoms with van der Waals surface area (Å²) < 4.78 is 23.3. The number of esters is 1. The summed E-state index contributed by atoms with van der Waals surface area (Å²) in [4.78, 5) is 24.6. The molecule has 0 aliphatic heterocycles.